The fraction of sp³-hybridized carbons (Fsp3) is 0.158. The highest BCUT2D eigenvalue weighted by molar-refractivity contribution is 6.07. The molecule has 3 amide bonds. The number of fused-ring (bicyclic) bond motifs is 3. The zero-order valence-electron chi connectivity index (χ0n) is 15.1. The molecule has 3 aliphatic rings. The van der Waals surface area contributed by atoms with Crippen LogP contribution >= 0.6 is 0 Å². The summed E-state index contributed by atoms with van der Waals surface area (Å²) < 4.78 is 10.9. The number of hydrogen-bond acceptors (Lipinski definition) is 7. The molecule has 146 valence electrons. The summed E-state index contributed by atoms with van der Waals surface area (Å²) in [5.74, 6) is 0.716. The second kappa shape index (κ2) is 5.96. The third-order valence-electron chi connectivity index (χ3n) is 5.11. The molecule has 0 saturated carbocycles. The summed E-state index contributed by atoms with van der Waals surface area (Å²) in [6.45, 7) is 0.0915. The van der Waals surface area contributed by atoms with E-state index >= 15 is 0 Å². The fourth-order valence-corrected chi connectivity index (χ4v) is 3.58. The van der Waals surface area contributed by atoms with Crippen LogP contribution in [0.1, 0.15) is 5.56 Å². The van der Waals surface area contributed by atoms with Gasteiger partial charge in [-0.1, -0.05) is 0 Å². The molecular weight excluding hydrogens is 380 g/mol. The predicted molar refractivity (Wildman–Crippen MR) is 98.8 cm³/mol. The number of carbonyl (C=O) groups is 2. The molecule has 10 heteroatoms. The van der Waals surface area contributed by atoms with Crippen LogP contribution in [0.5, 0.6) is 11.5 Å². The van der Waals surface area contributed by atoms with E-state index in [0.717, 1.165) is 4.90 Å². The zero-order valence-corrected chi connectivity index (χ0v) is 15.1. The first-order chi connectivity index (χ1) is 13.9. The van der Waals surface area contributed by atoms with Crippen molar-refractivity contribution in [3.63, 3.8) is 0 Å². The van der Waals surface area contributed by atoms with E-state index in [1.807, 2.05) is 0 Å². The lowest BCUT2D eigenvalue weighted by Gasteiger charge is -2.22. The lowest BCUT2D eigenvalue weighted by molar-refractivity contribution is -0.384. The Morgan fingerprint density at radius 2 is 1.83 bits per heavy atom. The summed E-state index contributed by atoms with van der Waals surface area (Å²) in [5.41, 5.74) is 4.12. The van der Waals surface area contributed by atoms with Crippen molar-refractivity contribution < 1.29 is 24.0 Å². The molecule has 1 N–H and O–H groups in total. The van der Waals surface area contributed by atoms with E-state index in [2.05, 4.69) is 5.43 Å². The summed E-state index contributed by atoms with van der Waals surface area (Å²) in [5, 5.41) is 13.6. The minimum absolute atomic E-state index is 0.0505. The van der Waals surface area contributed by atoms with Crippen LogP contribution in [0.25, 0.3) is 11.8 Å². The molecule has 2 aromatic carbocycles. The van der Waals surface area contributed by atoms with Gasteiger partial charge in [-0.25, -0.2) is 9.80 Å². The number of likely N-dealkylation sites (N-methyl/N-ethyl adjacent to an activating group) is 1. The molecule has 0 aromatic heterocycles. The van der Waals surface area contributed by atoms with Gasteiger partial charge in [-0.2, -0.15) is 0 Å². The monoisotopic (exact) mass is 394 g/mol. The van der Waals surface area contributed by atoms with E-state index in [1.165, 1.54) is 24.2 Å². The molecule has 3 aliphatic heterocycles. The van der Waals surface area contributed by atoms with Gasteiger partial charge in [0.2, 0.25) is 6.79 Å². The number of ether oxygens (including phenoxy) is 2. The second-order valence-corrected chi connectivity index (χ2v) is 6.74. The van der Waals surface area contributed by atoms with Gasteiger partial charge in [-0.05, 0) is 35.6 Å². The van der Waals surface area contributed by atoms with Gasteiger partial charge in [0, 0.05) is 30.0 Å². The molecule has 1 unspecified atom stereocenters. The Morgan fingerprint density at radius 1 is 1.14 bits per heavy atom. The number of urea groups is 1. The number of carbonyl (C=O) groups excluding carboxylic acids is 2. The Labute approximate surface area is 163 Å². The number of hydrazine groups is 1. The summed E-state index contributed by atoms with van der Waals surface area (Å²) in [4.78, 5) is 36.7. The molecule has 0 aliphatic carbocycles. The molecule has 3 heterocycles. The SMILES string of the molecule is CN1C(=O)C2C=c3cc4c(cc3=C(c3ccc([N+](=O)[O-])cc3)NN2C1=O)OCO4. The van der Waals surface area contributed by atoms with Crippen molar-refractivity contribution in [3.8, 4) is 11.5 Å². The molecule has 1 saturated heterocycles. The lowest BCUT2D eigenvalue weighted by Crippen LogP contribution is -2.44. The molecule has 1 fully saturated rings. The van der Waals surface area contributed by atoms with Gasteiger partial charge >= 0.3 is 6.03 Å². The van der Waals surface area contributed by atoms with Crippen molar-refractivity contribution in [2.45, 2.75) is 6.04 Å². The lowest BCUT2D eigenvalue weighted by atomic mass is 10.1. The quantitative estimate of drug-likeness (QED) is 0.435. The van der Waals surface area contributed by atoms with Crippen molar-refractivity contribution in [3.05, 3.63) is 62.5 Å². The Morgan fingerprint density at radius 3 is 2.52 bits per heavy atom. The van der Waals surface area contributed by atoms with Gasteiger partial charge in [-0.3, -0.25) is 25.2 Å². The molecule has 0 spiro atoms. The van der Waals surface area contributed by atoms with E-state index in [4.69, 9.17) is 9.47 Å². The summed E-state index contributed by atoms with van der Waals surface area (Å²) >= 11 is 0. The van der Waals surface area contributed by atoms with Crippen LogP contribution in [-0.4, -0.2) is 46.7 Å². The standard InChI is InChI=1S/C19H14N4O6/c1-21-18(24)14-6-11-7-15-16(29-9-28-15)8-13(11)17(20-22(14)19(21)25)10-2-4-12(5-3-10)23(26)27/h2-8,14,20H,9H2,1H3. The Kier molecular flexibility index (Phi) is 3.50. The third-order valence-corrected chi connectivity index (χ3v) is 5.11. The van der Waals surface area contributed by atoms with Crippen LogP contribution in [0.2, 0.25) is 0 Å². The number of benzene rings is 2. The topological polar surface area (TPSA) is 114 Å². The minimum atomic E-state index is -0.831. The highest BCUT2D eigenvalue weighted by Gasteiger charge is 2.43. The number of non-ortho nitro benzene ring substituents is 1. The number of hydrogen-bond donors (Lipinski definition) is 1. The average molecular weight is 394 g/mol. The molecule has 10 nitrogen and oxygen atoms in total. The van der Waals surface area contributed by atoms with E-state index in [-0.39, 0.29) is 18.4 Å². The maximum atomic E-state index is 12.6. The highest BCUT2D eigenvalue weighted by atomic mass is 16.7. The maximum absolute atomic E-state index is 12.6. The van der Waals surface area contributed by atoms with Crippen LogP contribution in [0, 0.1) is 10.1 Å². The molecule has 0 bridgehead atoms. The number of nitro benzene ring substituents is 1. The molecule has 29 heavy (non-hydrogen) atoms. The minimum Gasteiger partial charge on any atom is -0.454 e. The first-order valence-electron chi connectivity index (χ1n) is 8.72. The Bertz CT molecular complexity index is 1210. The number of nitro groups is 1. The first kappa shape index (κ1) is 17.0. The number of nitrogens with zero attached hydrogens (tertiary/aromatic N) is 3. The van der Waals surface area contributed by atoms with Crippen molar-refractivity contribution >= 4 is 29.4 Å². The van der Waals surface area contributed by atoms with Crippen molar-refractivity contribution in [1.82, 2.24) is 15.3 Å². The van der Waals surface area contributed by atoms with E-state index in [1.54, 1.807) is 30.3 Å². The van der Waals surface area contributed by atoms with Gasteiger partial charge < -0.3 is 9.47 Å². The number of imide groups is 1. The first-order valence-corrected chi connectivity index (χ1v) is 8.72. The van der Waals surface area contributed by atoms with Gasteiger partial charge in [0.05, 0.1) is 10.6 Å². The molecule has 0 radical (unpaired) electrons. The molecule has 1 atom stereocenters. The van der Waals surface area contributed by atoms with Gasteiger partial charge in [0.25, 0.3) is 11.6 Å². The van der Waals surface area contributed by atoms with E-state index < -0.39 is 17.0 Å². The normalized spacial score (nSPS) is 19.3. The van der Waals surface area contributed by atoms with E-state index in [0.29, 0.717) is 33.2 Å². The van der Waals surface area contributed by atoms with Gasteiger partial charge in [0.1, 0.15) is 0 Å². The van der Waals surface area contributed by atoms with Crippen LogP contribution in [0.3, 0.4) is 0 Å². The zero-order chi connectivity index (χ0) is 20.3. The third kappa shape index (κ3) is 2.49. The van der Waals surface area contributed by atoms with Crippen molar-refractivity contribution in [1.29, 1.82) is 0 Å². The highest BCUT2D eigenvalue weighted by Crippen LogP contribution is 2.29. The largest absolute Gasteiger partial charge is 0.454 e. The van der Waals surface area contributed by atoms with Crippen LogP contribution in [0.4, 0.5) is 10.5 Å². The van der Waals surface area contributed by atoms with E-state index in [9.17, 15) is 19.7 Å². The second-order valence-electron chi connectivity index (χ2n) is 6.74. The van der Waals surface area contributed by atoms with Crippen molar-refractivity contribution in [2.24, 2.45) is 0 Å². The van der Waals surface area contributed by atoms with Crippen LogP contribution < -0.4 is 25.3 Å². The Hall–Kier alpha value is -4.08. The molecule has 5 rings (SSSR count). The van der Waals surface area contributed by atoms with Gasteiger partial charge in [-0.15, -0.1) is 0 Å². The molecule has 2 aromatic rings. The Balaban J connectivity index is 1.77. The smallest absolute Gasteiger partial charge is 0.346 e. The predicted octanol–water partition coefficient (Wildman–Crippen LogP) is 0.0413. The summed E-state index contributed by atoms with van der Waals surface area (Å²) in [6.07, 6.45) is 1.69. The van der Waals surface area contributed by atoms with Gasteiger partial charge in [0.15, 0.2) is 17.5 Å². The summed E-state index contributed by atoms with van der Waals surface area (Å²) in [7, 11) is 1.42. The number of rotatable bonds is 2. The van der Waals surface area contributed by atoms with Crippen molar-refractivity contribution in [2.75, 3.05) is 13.8 Å². The number of amides is 3. The molecular formula is C19H14N4O6. The van der Waals surface area contributed by atoms with Crippen LogP contribution in [0.15, 0.2) is 36.4 Å². The van der Waals surface area contributed by atoms with Crippen LogP contribution in [-0.2, 0) is 4.79 Å². The maximum Gasteiger partial charge on any atom is 0.346 e. The average Bonchev–Trinajstić information content (AvgIpc) is 3.19. The number of nitrogens with one attached hydrogen (secondary N) is 1. The summed E-state index contributed by atoms with van der Waals surface area (Å²) in [6, 6.07) is 8.12. The fourth-order valence-electron chi connectivity index (χ4n) is 3.58.